The summed E-state index contributed by atoms with van der Waals surface area (Å²) in [5, 5.41) is 5.11. The SMILES string of the molecule is CCN(/N=C(\Cl)C(=O)OC(C)(C)C)c1ccc(OC(F)F)cc1. The number of hydrazone groups is 1. The van der Waals surface area contributed by atoms with Gasteiger partial charge in [0.15, 0.2) is 0 Å². The van der Waals surface area contributed by atoms with Gasteiger partial charge in [-0.3, -0.25) is 5.01 Å². The summed E-state index contributed by atoms with van der Waals surface area (Å²) in [6.45, 7) is 4.47. The summed E-state index contributed by atoms with van der Waals surface area (Å²) in [6, 6.07) is 5.82. The third-order valence-electron chi connectivity index (χ3n) is 2.44. The molecule has 0 saturated heterocycles. The smallest absolute Gasteiger partial charge is 0.387 e. The number of ether oxygens (including phenoxy) is 2. The minimum absolute atomic E-state index is 0.0296. The van der Waals surface area contributed by atoms with Gasteiger partial charge in [-0.25, -0.2) is 4.79 Å². The van der Waals surface area contributed by atoms with E-state index in [-0.39, 0.29) is 10.9 Å². The second-order valence-corrected chi connectivity index (χ2v) is 5.84. The quantitative estimate of drug-likeness (QED) is 0.443. The molecule has 0 atom stereocenters. The van der Waals surface area contributed by atoms with Crippen molar-refractivity contribution in [3.63, 3.8) is 0 Å². The van der Waals surface area contributed by atoms with Gasteiger partial charge in [0.2, 0.25) is 5.17 Å². The molecule has 0 N–H and O–H groups in total. The lowest BCUT2D eigenvalue weighted by atomic mass is 10.2. The minimum atomic E-state index is -2.89. The normalized spacial score (nSPS) is 12.3. The highest BCUT2D eigenvalue weighted by molar-refractivity contribution is 6.82. The molecule has 0 unspecified atom stereocenters. The molecule has 23 heavy (non-hydrogen) atoms. The van der Waals surface area contributed by atoms with E-state index in [0.29, 0.717) is 12.2 Å². The van der Waals surface area contributed by atoms with Gasteiger partial charge in [-0.05, 0) is 52.0 Å². The van der Waals surface area contributed by atoms with Crippen molar-refractivity contribution in [2.75, 3.05) is 11.6 Å². The molecule has 1 aromatic carbocycles. The molecule has 0 bridgehead atoms. The fraction of sp³-hybridized carbons (Fsp3) is 0.467. The van der Waals surface area contributed by atoms with E-state index in [9.17, 15) is 13.6 Å². The molecular weight excluding hydrogens is 330 g/mol. The second-order valence-electron chi connectivity index (χ2n) is 5.48. The molecule has 0 heterocycles. The summed E-state index contributed by atoms with van der Waals surface area (Å²) in [7, 11) is 0. The lowest BCUT2D eigenvalue weighted by Gasteiger charge is -2.21. The van der Waals surface area contributed by atoms with Gasteiger partial charge >= 0.3 is 12.6 Å². The van der Waals surface area contributed by atoms with Crippen LogP contribution in [0.2, 0.25) is 0 Å². The highest BCUT2D eigenvalue weighted by atomic mass is 35.5. The Labute approximate surface area is 138 Å². The summed E-state index contributed by atoms with van der Waals surface area (Å²) < 4.78 is 33.6. The van der Waals surface area contributed by atoms with Crippen LogP contribution in [0.15, 0.2) is 29.4 Å². The van der Waals surface area contributed by atoms with E-state index in [1.54, 1.807) is 27.7 Å². The van der Waals surface area contributed by atoms with Crippen LogP contribution in [0.3, 0.4) is 0 Å². The molecule has 1 aromatic rings. The number of hydrogen-bond donors (Lipinski definition) is 0. The van der Waals surface area contributed by atoms with Crippen molar-refractivity contribution in [3.05, 3.63) is 24.3 Å². The van der Waals surface area contributed by atoms with Crippen LogP contribution in [0.5, 0.6) is 5.75 Å². The topological polar surface area (TPSA) is 51.1 Å². The third kappa shape index (κ3) is 6.81. The molecule has 5 nitrogen and oxygen atoms in total. The summed E-state index contributed by atoms with van der Waals surface area (Å²) in [5.41, 5.74) is -0.117. The molecule has 0 amide bonds. The van der Waals surface area contributed by atoms with Gasteiger partial charge in [0, 0.05) is 6.54 Å². The monoisotopic (exact) mass is 348 g/mol. The summed E-state index contributed by atoms with van der Waals surface area (Å²) in [4.78, 5) is 11.8. The van der Waals surface area contributed by atoms with Crippen molar-refractivity contribution < 1.29 is 23.0 Å². The minimum Gasteiger partial charge on any atom is -0.455 e. The fourth-order valence-electron chi connectivity index (χ4n) is 1.58. The van der Waals surface area contributed by atoms with Gasteiger partial charge in [-0.2, -0.15) is 13.9 Å². The Hall–Kier alpha value is -1.89. The number of carbonyl (C=O) groups is 1. The number of anilines is 1. The Bertz CT molecular complexity index is 557. The zero-order valence-electron chi connectivity index (χ0n) is 13.3. The number of carbonyl (C=O) groups excluding carboxylic acids is 1. The second kappa shape index (κ2) is 8.10. The van der Waals surface area contributed by atoms with E-state index in [0.717, 1.165) is 0 Å². The molecule has 128 valence electrons. The van der Waals surface area contributed by atoms with Crippen LogP contribution in [0, 0.1) is 0 Å². The number of hydrogen-bond acceptors (Lipinski definition) is 5. The van der Waals surface area contributed by atoms with Crippen LogP contribution in [-0.2, 0) is 9.53 Å². The van der Waals surface area contributed by atoms with Gasteiger partial charge in [0.1, 0.15) is 11.4 Å². The molecule has 0 aliphatic heterocycles. The van der Waals surface area contributed by atoms with Crippen molar-refractivity contribution in [2.45, 2.75) is 39.9 Å². The van der Waals surface area contributed by atoms with E-state index in [2.05, 4.69) is 9.84 Å². The molecule has 0 aromatic heterocycles. The molecule has 0 fully saturated rings. The van der Waals surface area contributed by atoms with E-state index < -0.39 is 18.2 Å². The Morgan fingerprint density at radius 2 is 1.87 bits per heavy atom. The van der Waals surface area contributed by atoms with Gasteiger partial charge < -0.3 is 9.47 Å². The Kier molecular flexibility index (Phi) is 6.75. The Morgan fingerprint density at radius 1 is 1.30 bits per heavy atom. The van der Waals surface area contributed by atoms with Crippen molar-refractivity contribution >= 4 is 28.4 Å². The first-order chi connectivity index (χ1) is 10.6. The van der Waals surface area contributed by atoms with Crippen molar-refractivity contribution in [3.8, 4) is 5.75 Å². The molecule has 1 rings (SSSR count). The van der Waals surface area contributed by atoms with E-state index in [1.165, 1.54) is 29.3 Å². The number of halogens is 3. The molecule has 0 aliphatic rings. The third-order valence-corrected chi connectivity index (χ3v) is 2.67. The lowest BCUT2D eigenvalue weighted by molar-refractivity contribution is -0.145. The lowest BCUT2D eigenvalue weighted by Crippen LogP contribution is -2.28. The Balaban J connectivity index is 2.87. The highest BCUT2D eigenvalue weighted by Crippen LogP contribution is 2.21. The number of esters is 1. The van der Waals surface area contributed by atoms with Gasteiger partial charge in [-0.1, -0.05) is 11.6 Å². The van der Waals surface area contributed by atoms with Crippen LogP contribution >= 0.6 is 11.6 Å². The predicted molar refractivity (Wildman–Crippen MR) is 85.2 cm³/mol. The van der Waals surface area contributed by atoms with Crippen LogP contribution < -0.4 is 9.75 Å². The largest absolute Gasteiger partial charge is 0.455 e. The molecule has 0 spiro atoms. The van der Waals surface area contributed by atoms with Gasteiger partial charge in [0.05, 0.1) is 5.69 Å². The molecule has 0 radical (unpaired) electrons. The highest BCUT2D eigenvalue weighted by Gasteiger charge is 2.21. The van der Waals surface area contributed by atoms with E-state index in [1.807, 2.05) is 0 Å². The van der Waals surface area contributed by atoms with Gasteiger partial charge in [-0.15, -0.1) is 0 Å². The van der Waals surface area contributed by atoms with Crippen LogP contribution in [-0.4, -0.2) is 29.9 Å². The molecule has 0 aliphatic carbocycles. The summed E-state index contributed by atoms with van der Waals surface area (Å²) >= 11 is 5.87. The maximum atomic E-state index is 12.1. The van der Waals surface area contributed by atoms with Crippen LogP contribution in [0.4, 0.5) is 14.5 Å². The van der Waals surface area contributed by atoms with Crippen molar-refractivity contribution in [2.24, 2.45) is 5.10 Å². The Morgan fingerprint density at radius 3 is 2.30 bits per heavy atom. The van der Waals surface area contributed by atoms with Crippen molar-refractivity contribution in [1.29, 1.82) is 0 Å². The molecular formula is C15H19ClF2N2O3. The van der Waals surface area contributed by atoms with Crippen LogP contribution in [0.1, 0.15) is 27.7 Å². The van der Waals surface area contributed by atoms with Crippen LogP contribution in [0.25, 0.3) is 0 Å². The number of nitrogens with zero attached hydrogens (tertiary/aromatic N) is 2. The first-order valence-corrected chi connectivity index (χ1v) is 7.30. The molecule has 0 saturated carbocycles. The zero-order chi connectivity index (χ0) is 17.6. The summed E-state index contributed by atoms with van der Waals surface area (Å²) in [5.74, 6) is -0.711. The first kappa shape index (κ1) is 19.2. The van der Waals surface area contributed by atoms with Gasteiger partial charge in [0.25, 0.3) is 0 Å². The predicted octanol–water partition coefficient (Wildman–Crippen LogP) is 4.01. The summed E-state index contributed by atoms with van der Waals surface area (Å²) in [6.07, 6.45) is 0. The number of benzene rings is 1. The van der Waals surface area contributed by atoms with E-state index >= 15 is 0 Å². The van der Waals surface area contributed by atoms with E-state index in [4.69, 9.17) is 16.3 Å². The maximum absolute atomic E-state index is 12.1. The fourth-order valence-corrected chi connectivity index (χ4v) is 1.71. The first-order valence-electron chi connectivity index (χ1n) is 6.92. The number of rotatable bonds is 6. The maximum Gasteiger partial charge on any atom is 0.387 e. The number of alkyl halides is 2. The van der Waals surface area contributed by atoms with Crippen molar-refractivity contribution in [1.82, 2.24) is 0 Å². The average molecular weight is 349 g/mol. The zero-order valence-corrected chi connectivity index (χ0v) is 14.1. The average Bonchev–Trinajstić information content (AvgIpc) is 2.43. The molecule has 8 heteroatoms. The standard InChI is InChI=1S/C15H19ClF2N2O3/c1-5-20(19-12(16)13(21)23-15(2,3)4)10-6-8-11(9-7-10)22-14(17)18/h6-9,14H,5H2,1-4H3/b19-12-.